The van der Waals surface area contributed by atoms with Crippen molar-refractivity contribution in [3.63, 3.8) is 0 Å². The SMILES string of the molecule is O=C(Cc1cc(Nc2ncnc3cc(OCCCN4CCCC4)ccc23)n[nH]1)Nc1cccc(F)c1. The highest BCUT2D eigenvalue weighted by Gasteiger charge is 2.12. The largest absolute Gasteiger partial charge is 0.493 e. The van der Waals surface area contributed by atoms with E-state index in [1.165, 1.54) is 44.4 Å². The number of aromatic amines is 1. The highest BCUT2D eigenvalue weighted by atomic mass is 19.1. The summed E-state index contributed by atoms with van der Waals surface area (Å²) in [5.74, 6) is 1.21. The van der Waals surface area contributed by atoms with Crippen molar-refractivity contribution in [1.82, 2.24) is 25.1 Å². The number of fused-ring (bicyclic) bond motifs is 1. The molecule has 9 nitrogen and oxygen atoms in total. The van der Waals surface area contributed by atoms with Gasteiger partial charge in [0.2, 0.25) is 5.91 Å². The number of ether oxygens (including phenoxy) is 1. The predicted molar refractivity (Wildman–Crippen MR) is 136 cm³/mol. The second kappa shape index (κ2) is 11.1. The predicted octanol–water partition coefficient (Wildman–Crippen LogP) is 4.28. The van der Waals surface area contributed by atoms with E-state index < -0.39 is 5.82 Å². The number of carbonyl (C=O) groups excluding carboxylic acids is 1. The Bertz CT molecular complexity index is 1340. The van der Waals surface area contributed by atoms with Gasteiger partial charge in [0.15, 0.2) is 5.82 Å². The molecule has 3 N–H and O–H groups in total. The van der Waals surface area contributed by atoms with E-state index in [1.807, 2.05) is 18.2 Å². The monoisotopic (exact) mass is 489 g/mol. The molecule has 186 valence electrons. The lowest BCUT2D eigenvalue weighted by Gasteiger charge is -2.14. The first-order valence-corrected chi connectivity index (χ1v) is 12.1. The number of H-pyrrole nitrogens is 1. The minimum absolute atomic E-state index is 0.0637. The molecule has 0 unspecified atom stereocenters. The summed E-state index contributed by atoms with van der Waals surface area (Å²) in [7, 11) is 0. The van der Waals surface area contributed by atoms with Gasteiger partial charge < -0.3 is 20.3 Å². The van der Waals surface area contributed by atoms with Crippen LogP contribution in [0, 0.1) is 5.82 Å². The Hall–Kier alpha value is -4.05. The Kier molecular flexibility index (Phi) is 7.32. The molecular weight excluding hydrogens is 461 g/mol. The highest BCUT2D eigenvalue weighted by molar-refractivity contribution is 5.93. The highest BCUT2D eigenvalue weighted by Crippen LogP contribution is 2.26. The number of halogens is 1. The molecule has 10 heteroatoms. The Morgan fingerprint density at radius 3 is 2.86 bits per heavy atom. The standard InChI is InChI=1S/C26H28FN7O2/c27-18-5-3-6-19(13-18)30-25(35)15-20-14-24(33-32-20)31-26-22-8-7-21(16-23(22)28-17-29-26)36-12-4-11-34-9-1-2-10-34/h3,5-8,13-14,16-17H,1-2,4,9-12,15H2,(H,30,35)(H2,28,29,31,32,33). The van der Waals surface area contributed by atoms with Gasteiger partial charge in [0.25, 0.3) is 0 Å². The molecule has 1 aliphatic heterocycles. The first-order valence-electron chi connectivity index (χ1n) is 12.1. The molecule has 1 fully saturated rings. The van der Waals surface area contributed by atoms with E-state index in [9.17, 15) is 9.18 Å². The van der Waals surface area contributed by atoms with Crippen molar-refractivity contribution >= 4 is 34.1 Å². The fourth-order valence-corrected chi connectivity index (χ4v) is 4.29. The van der Waals surface area contributed by atoms with Crippen LogP contribution < -0.4 is 15.4 Å². The van der Waals surface area contributed by atoms with Crippen LogP contribution >= 0.6 is 0 Å². The van der Waals surface area contributed by atoms with Crippen LogP contribution in [-0.4, -0.2) is 57.2 Å². The first kappa shape index (κ1) is 23.7. The number of hydrogen-bond acceptors (Lipinski definition) is 7. The molecule has 2 aromatic carbocycles. The van der Waals surface area contributed by atoms with Gasteiger partial charge in [-0.25, -0.2) is 14.4 Å². The average molecular weight is 490 g/mol. The molecule has 1 amide bonds. The van der Waals surface area contributed by atoms with Gasteiger partial charge in [-0.3, -0.25) is 9.89 Å². The van der Waals surface area contributed by atoms with Gasteiger partial charge in [-0.15, -0.1) is 0 Å². The quantitative estimate of drug-likeness (QED) is 0.285. The molecular formula is C26H28FN7O2. The van der Waals surface area contributed by atoms with Crippen molar-refractivity contribution in [2.75, 3.05) is 36.9 Å². The third kappa shape index (κ3) is 6.14. The fraction of sp³-hybridized carbons (Fsp3) is 0.308. The normalized spacial score (nSPS) is 13.7. The number of nitrogens with zero attached hydrogens (tertiary/aromatic N) is 4. The van der Waals surface area contributed by atoms with Gasteiger partial charge in [0, 0.05) is 35.4 Å². The smallest absolute Gasteiger partial charge is 0.230 e. The topological polar surface area (TPSA) is 108 Å². The second-order valence-electron chi connectivity index (χ2n) is 8.79. The maximum absolute atomic E-state index is 13.3. The lowest BCUT2D eigenvalue weighted by molar-refractivity contribution is -0.115. The van der Waals surface area contributed by atoms with E-state index in [1.54, 1.807) is 18.2 Å². The minimum Gasteiger partial charge on any atom is -0.493 e. The second-order valence-corrected chi connectivity index (χ2v) is 8.79. The molecule has 0 spiro atoms. The summed E-state index contributed by atoms with van der Waals surface area (Å²) in [6.07, 6.45) is 5.15. The Morgan fingerprint density at radius 2 is 2.00 bits per heavy atom. The number of anilines is 3. The molecule has 0 atom stereocenters. The molecule has 3 heterocycles. The maximum atomic E-state index is 13.3. The van der Waals surface area contributed by atoms with Crippen molar-refractivity contribution in [2.45, 2.75) is 25.7 Å². The van der Waals surface area contributed by atoms with Crippen molar-refractivity contribution in [3.8, 4) is 5.75 Å². The lowest BCUT2D eigenvalue weighted by Crippen LogP contribution is -2.21. The first-order chi connectivity index (χ1) is 17.6. The van der Waals surface area contributed by atoms with Crippen LogP contribution in [0.3, 0.4) is 0 Å². The molecule has 36 heavy (non-hydrogen) atoms. The molecule has 0 bridgehead atoms. The van der Waals surface area contributed by atoms with Gasteiger partial charge in [-0.05, 0) is 62.7 Å². The van der Waals surface area contributed by atoms with Gasteiger partial charge in [-0.2, -0.15) is 5.10 Å². The summed E-state index contributed by atoms with van der Waals surface area (Å²) in [6, 6.07) is 13.2. The minimum atomic E-state index is -0.408. The number of carbonyl (C=O) groups is 1. The number of nitrogens with one attached hydrogen (secondary N) is 3. The zero-order chi connectivity index (χ0) is 24.7. The lowest BCUT2D eigenvalue weighted by atomic mass is 10.2. The van der Waals surface area contributed by atoms with E-state index in [-0.39, 0.29) is 12.3 Å². The summed E-state index contributed by atoms with van der Waals surface area (Å²) in [5.41, 5.74) is 1.77. The number of amides is 1. The van der Waals surface area contributed by atoms with Crippen LogP contribution in [0.25, 0.3) is 10.9 Å². The third-order valence-electron chi connectivity index (χ3n) is 6.03. The Balaban J connectivity index is 1.17. The van der Waals surface area contributed by atoms with E-state index in [0.29, 0.717) is 29.6 Å². The van der Waals surface area contributed by atoms with Crippen LogP contribution in [0.2, 0.25) is 0 Å². The van der Waals surface area contributed by atoms with E-state index in [4.69, 9.17) is 4.74 Å². The Labute approximate surface area is 208 Å². The maximum Gasteiger partial charge on any atom is 0.230 e. The molecule has 5 rings (SSSR count). The molecule has 4 aromatic rings. The molecule has 0 radical (unpaired) electrons. The summed E-state index contributed by atoms with van der Waals surface area (Å²) in [5, 5.41) is 13.8. The zero-order valence-corrected chi connectivity index (χ0v) is 19.8. The number of benzene rings is 2. The van der Waals surface area contributed by atoms with Crippen LogP contribution in [0.1, 0.15) is 25.0 Å². The molecule has 0 saturated carbocycles. The van der Waals surface area contributed by atoms with E-state index >= 15 is 0 Å². The van der Waals surface area contributed by atoms with Crippen molar-refractivity contribution in [2.24, 2.45) is 0 Å². The van der Waals surface area contributed by atoms with Crippen molar-refractivity contribution in [3.05, 3.63) is 66.4 Å². The summed E-state index contributed by atoms with van der Waals surface area (Å²) in [4.78, 5) is 23.5. The number of rotatable bonds is 10. The van der Waals surface area contributed by atoms with Gasteiger partial charge in [0.1, 0.15) is 23.7 Å². The van der Waals surface area contributed by atoms with Gasteiger partial charge >= 0.3 is 0 Å². The molecule has 2 aromatic heterocycles. The number of likely N-dealkylation sites (tertiary alicyclic amines) is 1. The van der Waals surface area contributed by atoms with Gasteiger partial charge in [-0.1, -0.05) is 6.07 Å². The van der Waals surface area contributed by atoms with Crippen LogP contribution in [0.4, 0.5) is 21.7 Å². The molecule has 1 aliphatic rings. The zero-order valence-electron chi connectivity index (χ0n) is 19.8. The van der Waals surface area contributed by atoms with Crippen LogP contribution in [0.5, 0.6) is 5.75 Å². The Morgan fingerprint density at radius 1 is 1.11 bits per heavy atom. The summed E-state index contributed by atoms with van der Waals surface area (Å²) < 4.78 is 19.3. The van der Waals surface area contributed by atoms with Crippen molar-refractivity contribution in [1.29, 1.82) is 0 Å². The summed E-state index contributed by atoms with van der Waals surface area (Å²) in [6.45, 7) is 4.13. The fourth-order valence-electron chi connectivity index (χ4n) is 4.29. The van der Waals surface area contributed by atoms with Crippen molar-refractivity contribution < 1.29 is 13.9 Å². The summed E-state index contributed by atoms with van der Waals surface area (Å²) >= 11 is 0. The molecule has 0 aliphatic carbocycles. The van der Waals surface area contributed by atoms with E-state index in [0.717, 1.165) is 29.6 Å². The van der Waals surface area contributed by atoms with E-state index in [2.05, 4.69) is 35.7 Å². The molecule has 1 saturated heterocycles. The van der Waals surface area contributed by atoms with Gasteiger partial charge in [0.05, 0.1) is 18.5 Å². The third-order valence-corrected chi connectivity index (χ3v) is 6.03. The van der Waals surface area contributed by atoms with Crippen LogP contribution in [0.15, 0.2) is 54.9 Å². The number of hydrogen-bond donors (Lipinski definition) is 3. The number of aromatic nitrogens is 4. The van der Waals surface area contributed by atoms with Crippen LogP contribution in [-0.2, 0) is 11.2 Å². The average Bonchev–Trinajstić information content (AvgIpc) is 3.54.